The van der Waals surface area contributed by atoms with E-state index in [0.29, 0.717) is 0 Å². The summed E-state index contributed by atoms with van der Waals surface area (Å²) < 4.78 is 0. The predicted molar refractivity (Wildman–Crippen MR) is 28.1 cm³/mol. The molecule has 2 heteroatoms. The third kappa shape index (κ3) is 2.96. The Hall–Kier alpha value is 0.749. The van der Waals surface area contributed by atoms with E-state index in [4.69, 9.17) is 0 Å². The molecule has 6 heavy (non-hydrogen) atoms. The van der Waals surface area contributed by atoms with Crippen molar-refractivity contribution >= 4 is 7.36 Å². The van der Waals surface area contributed by atoms with Crippen LogP contribution in [0, 0.1) is 0 Å². The van der Waals surface area contributed by atoms with Gasteiger partial charge in [0.15, 0.2) is 0 Å². The summed E-state index contributed by atoms with van der Waals surface area (Å²) >= 11 is 3.22. The topological polar surface area (TPSA) is 0 Å². The second kappa shape index (κ2) is 3.92. The number of rotatable bonds is 2. The van der Waals surface area contributed by atoms with E-state index >= 15 is 0 Å². The molecule has 0 bridgehead atoms. The van der Waals surface area contributed by atoms with Gasteiger partial charge in [0.25, 0.3) is 0 Å². The van der Waals surface area contributed by atoms with Crippen molar-refractivity contribution in [2.24, 2.45) is 0 Å². The summed E-state index contributed by atoms with van der Waals surface area (Å²) in [6.45, 7) is 4.52. The fourth-order valence-electron chi connectivity index (χ4n) is 0.289. The molecule has 0 nitrogen and oxygen atoms in total. The van der Waals surface area contributed by atoms with E-state index in [1.165, 1.54) is 12.1 Å². The van der Waals surface area contributed by atoms with Gasteiger partial charge in [-0.25, -0.2) is 0 Å². The van der Waals surface area contributed by atoms with Crippen molar-refractivity contribution in [2.45, 2.75) is 25.9 Å². The van der Waals surface area contributed by atoms with Crippen LogP contribution in [0.2, 0.25) is 12.1 Å². The van der Waals surface area contributed by atoms with Gasteiger partial charge in [-0.05, 0) is 0 Å². The van der Waals surface area contributed by atoms with Crippen molar-refractivity contribution in [3.8, 4) is 0 Å². The fraction of sp³-hybridized carbons (Fsp3) is 1.00. The molecule has 0 aliphatic carbocycles. The van der Waals surface area contributed by atoms with Crippen LogP contribution in [0.5, 0.6) is 0 Å². The van der Waals surface area contributed by atoms with Crippen LogP contribution >= 0.6 is 0 Å². The van der Waals surface area contributed by atoms with Gasteiger partial charge in [0, 0.05) is 0 Å². The SMILES string of the molecule is CC[SiH]([Cr])CC. The quantitative estimate of drug-likeness (QED) is 0.506. The molecule has 0 spiro atoms. The van der Waals surface area contributed by atoms with Crippen molar-refractivity contribution in [1.82, 2.24) is 0 Å². The van der Waals surface area contributed by atoms with Crippen molar-refractivity contribution in [2.75, 3.05) is 0 Å². The summed E-state index contributed by atoms with van der Waals surface area (Å²) in [6.07, 6.45) is 0. The molecule has 0 saturated carbocycles. The second-order valence-electron chi connectivity index (χ2n) is 1.44. The average molecular weight is 139 g/mol. The zero-order chi connectivity index (χ0) is 4.99. The molecule has 0 N–H and O–H groups in total. The van der Waals surface area contributed by atoms with Crippen LogP contribution in [-0.4, -0.2) is 7.36 Å². The van der Waals surface area contributed by atoms with Gasteiger partial charge in [-0.3, -0.25) is 0 Å². The predicted octanol–water partition coefficient (Wildman–Crippen LogP) is 1.30. The second-order valence-corrected chi connectivity index (χ2v) is 7.44. The molecule has 0 aromatic heterocycles. The van der Waals surface area contributed by atoms with Crippen LogP contribution in [0.25, 0.3) is 0 Å². The zero-order valence-corrected chi connectivity index (χ0v) is 6.83. The molecule has 0 heterocycles. The summed E-state index contributed by atoms with van der Waals surface area (Å²) in [5.41, 5.74) is 0. The number of hydrogen-bond donors (Lipinski definition) is 0. The fourth-order valence-corrected chi connectivity index (χ4v) is 0.866. The molecule has 0 rings (SSSR count). The molecular weight excluding hydrogens is 128 g/mol. The Balaban J connectivity index is 2.75. The monoisotopic (exact) mass is 139 g/mol. The first-order valence-corrected chi connectivity index (χ1v) is 6.78. The van der Waals surface area contributed by atoms with E-state index in [-0.39, 0.29) is 7.36 Å². The van der Waals surface area contributed by atoms with Crippen molar-refractivity contribution in [1.29, 1.82) is 0 Å². The summed E-state index contributed by atoms with van der Waals surface area (Å²) in [5.74, 6) is 0. The normalized spacial score (nSPS) is 9.83. The molecule has 0 fully saturated rings. The van der Waals surface area contributed by atoms with Gasteiger partial charge in [-0.15, -0.1) is 0 Å². The third-order valence-corrected chi connectivity index (χ3v) is 5.86. The standard InChI is InChI=1S/C4H11Si.Cr/c1-3-5-4-2;/h5H,3-4H2,1-2H3;. The van der Waals surface area contributed by atoms with E-state index in [2.05, 4.69) is 29.5 Å². The molecule has 0 atom stereocenters. The zero-order valence-electron chi connectivity index (χ0n) is 4.40. The van der Waals surface area contributed by atoms with Crippen LogP contribution in [0.1, 0.15) is 13.8 Å². The van der Waals surface area contributed by atoms with Gasteiger partial charge in [-0.2, -0.15) is 0 Å². The Labute approximate surface area is 49.4 Å². The van der Waals surface area contributed by atoms with Crippen LogP contribution in [0.3, 0.4) is 0 Å². The Bertz CT molecular complexity index is 26.7. The van der Waals surface area contributed by atoms with E-state index in [9.17, 15) is 0 Å². The van der Waals surface area contributed by atoms with Gasteiger partial charge >= 0.3 is 48.9 Å². The first-order chi connectivity index (χ1) is 2.81. The minimum absolute atomic E-state index is 0.285. The van der Waals surface area contributed by atoms with Crippen LogP contribution in [0.15, 0.2) is 0 Å². The molecule has 0 aliphatic heterocycles. The van der Waals surface area contributed by atoms with Gasteiger partial charge in [0.1, 0.15) is 0 Å². The van der Waals surface area contributed by atoms with E-state index in [1.54, 1.807) is 0 Å². The molecule has 37 valence electrons. The Morgan fingerprint density at radius 3 is 1.67 bits per heavy atom. The Morgan fingerprint density at radius 1 is 1.33 bits per heavy atom. The van der Waals surface area contributed by atoms with Crippen molar-refractivity contribution < 1.29 is 15.6 Å². The first kappa shape index (κ1) is 6.75. The van der Waals surface area contributed by atoms with Gasteiger partial charge in [0.2, 0.25) is 0 Å². The van der Waals surface area contributed by atoms with Gasteiger partial charge in [-0.1, -0.05) is 0 Å². The number of hydrogen-bond acceptors (Lipinski definition) is 0. The van der Waals surface area contributed by atoms with E-state index < -0.39 is 0 Å². The van der Waals surface area contributed by atoms with Gasteiger partial charge in [0.05, 0.1) is 0 Å². The van der Waals surface area contributed by atoms with E-state index in [1.807, 2.05) is 0 Å². The summed E-state index contributed by atoms with van der Waals surface area (Å²) in [4.78, 5) is 0. The van der Waals surface area contributed by atoms with Crippen molar-refractivity contribution in [3.05, 3.63) is 0 Å². The van der Waals surface area contributed by atoms with Crippen LogP contribution < -0.4 is 0 Å². The Kier molecular flexibility index (Phi) is 4.41. The third-order valence-electron chi connectivity index (χ3n) is 0.911. The van der Waals surface area contributed by atoms with Crippen molar-refractivity contribution in [3.63, 3.8) is 0 Å². The first-order valence-electron chi connectivity index (χ1n) is 2.47. The summed E-state index contributed by atoms with van der Waals surface area (Å²) in [6, 6.07) is 2.83. The van der Waals surface area contributed by atoms with E-state index in [0.717, 1.165) is 0 Å². The molecule has 0 aromatic carbocycles. The molecule has 0 saturated heterocycles. The van der Waals surface area contributed by atoms with Crippen LogP contribution in [0.4, 0.5) is 0 Å². The average Bonchev–Trinajstić information content (AvgIpc) is 1.65. The summed E-state index contributed by atoms with van der Waals surface area (Å²) in [7, 11) is -0.285. The summed E-state index contributed by atoms with van der Waals surface area (Å²) in [5, 5.41) is 0. The molecule has 0 aliphatic rings. The molecule has 0 amide bonds. The molecule has 0 aromatic rings. The Morgan fingerprint density at radius 2 is 1.67 bits per heavy atom. The molecule has 0 radical (unpaired) electrons. The molecular formula is C4H11CrSi. The van der Waals surface area contributed by atoms with Crippen LogP contribution in [-0.2, 0) is 15.6 Å². The maximum absolute atomic E-state index is 3.22. The minimum atomic E-state index is -0.285. The van der Waals surface area contributed by atoms with Gasteiger partial charge < -0.3 is 0 Å². The maximum atomic E-state index is 3.22. The molecule has 0 unspecified atom stereocenters.